The van der Waals surface area contributed by atoms with E-state index in [1.807, 2.05) is 0 Å². The molecule has 37 heavy (non-hydrogen) atoms. The second-order valence-corrected chi connectivity index (χ2v) is 13.5. The third-order valence-corrected chi connectivity index (χ3v) is 11.4. The summed E-state index contributed by atoms with van der Waals surface area (Å²) in [6, 6.07) is 14.7. The second kappa shape index (κ2) is 6.95. The molecule has 0 N–H and O–H groups in total. The van der Waals surface area contributed by atoms with E-state index in [2.05, 4.69) is 73.1 Å². The van der Waals surface area contributed by atoms with Crippen LogP contribution in [-0.2, 0) is 25.3 Å². The molecule has 2 heterocycles. The monoisotopic (exact) mass is 485 g/mol. The number of benzene rings is 3. The van der Waals surface area contributed by atoms with Crippen LogP contribution in [0.25, 0.3) is 32.8 Å². The van der Waals surface area contributed by atoms with Gasteiger partial charge in [-0.2, -0.15) is 0 Å². The summed E-state index contributed by atoms with van der Waals surface area (Å²) in [6.45, 7) is 2.37. The molecule has 4 saturated carbocycles. The molecular formula is C35H37N2+. The lowest BCUT2D eigenvalue weighted by molar-refractivity contribution is -0.659. The molecule has 4 bridgehead atoms. The Balaban J connectivity index is 1.36. The lowest BCUT2D eigenvalue weighted by Gasteiger charge is -2.57. The summed E-state index contributed by atoms with van der Waals surface area (Å²) < 4.78 is 2.40. The first-order valence-corrected chi connectivity index (χ1v) is 14.8. The Morgan fingerprint density at radius 3 is 2.43 bits per heavy atom. The van der Waals surface area contributed by atoms with Crippen molar-refractivity contribution in [3.8, 4) is 11.3 Å². The molecule has 0 unspecified atom stereocenters. The van der Waals surface area contributed by atoms with Gasteiger partial charge in [-0.1, -0.05) is 18.2 Å². The minimum Gasteiger partial charge on any atom is -0.343 e. The van der Waals surface area contributed by atoms with Crippen LogP contribution in [0.2, 0.25) is 0 Å². The number of hydrogen-bond donors (Lipinski definition) is 0. The van der Waals surface area contributed by atoms with Crippen molar-refractivity contribution in [3.05, 3.63) is 64.8 Å². The first-order valence-electron chi connectivity index (χ1n) is 14.8. The maximum Gasteiger partial charge on any atom is 0.224 e. The van der Waals surface area contributed by atoms with E-state index in [9.17, 15) is 0 Å². The third-order valence-electron chi connectivity index (χ3n) is 11.4. The molecule has 10 rings (SSSR count). The van der Waals surface area contributed by atoms with E-state index in [1.54, 1.807) is 22.1 Å². The van der Waals surface area contributed by atoms with Gasteiger partial charge >= 0.3 is 0 Å². The molecule has 1 aromatic heterocycles. The van der Waals surface area contributed by atoms with E-state index >= 15 is 0 Å². The van der Waals surface area contributed by atoms with Crippen LogP contribution in [0.15, 0.2) is 42.6 Å². The molecule has 2 heteroatoms. The Bertz CT molecular complexity index is 1640. The molecule has 4 aromatic rings. The molecule has 0 saturated heterocycles. The summed E-state index contributed by atoms with van der Waals surface area (Å²) in [6.07, 6.45) is 14.8. The molecule has 4 fully saturated rings. The molecule has 2 nitrogen and oxygen atoms in total. The second-order valence-electron chi connectivity index (χ2n) is 13.5. The summed E-state index contributed by atoms with van der Waals surface area (Å²) in [5, 5.41) is 5.91. The van der Waals surface area contributed by atoms with Gasteiger partial charge < -0.3 is 4.90 Å². The van der Waals surface area contributed by atoms with Crippen molar-refractivity contribution in [3.63, 3.8) is 0 Å². The Hall–Kier alpha value is -2.87. The highest BCUT2D eigenvalue weighted by molar-refractivity contribution is 6.14. The zero-order valence-electron chi connectivity index (χ0n) is 22.5. The van der Waals surface area contributed by atoms with Gasteiger partial charge in [0.05, 0.1) is 22.3 Å². The molecule has 186 valence electrons. The molecule has 3 aromatic carbocycles. The van der Waals surface area contributed by atoms with Crippen molar-refractivity contribution in [1.82, 2.24) is 0 Å². The van der Waals surface area contributed by atoms with Crippen LogP contribution in [0.1, 0.15) is 67.2 Å². The average molecular weight is 486 g/mol. The number of hydrogen-bond acceptors (Lipinski definition) is 1. The van der Waals surface area contributed by atoms with Crippen LogP contribution in [0.4, 0.5) is 11.4 Å². The topological polar surface area (TPSA) is 7.12 Å². The number of aryl methyl sites for hydroxylation is 4. The number of nitrogens with zero attached hydrogens (tertiary/aromatic N) is 2. The molecular weight excluding hydrogens is 448 g/mol. The summed E-state index contributed by atoms with van der Waals surface area (Å²) >= 11 is 0. The van der Waals surface area contributed by atoms with E-state index in [4.69, 9.17) is 0 Å². The summed E-state index contributed by atoms with van der Waals surface area (Å²) in [4.78, 5) is 2.61. The van der Waals surface area contributed by atoms with E-state index in [0.717, 1.165) is 17.8 Å². The van der Waals surface area contributed by atoms with E-state index in [0.29, 0.717) is 5.41 Å². The van der Waals surface area contributed by atoms with Gasteiger partial charge in [0.15, 0.2) is 6.20 Å². The van der Waals surface area contributed by atoms with Crippen LogP contribution in [-0.4, -0.2) is 7.05 Å². The fraction of sp³-hybridized carbons (Fsp3) is 0.457. The number of aromatic nitrogens is 1. The third kappa shape index (κ3) is 2.60. The van der Waals surface area contributed by atoms with Gasteiger partial charge in [-0.05, 0) is 138 Å². The highest BCUT2D eigenvalue weighted by Gasteiger charge is 2.52. The largest absolute Gasteiger partial charge is 0.343 e. The molecule has 0 radical (unpaired) electrons. The maximum atomic E-state index is 2.66. The number of pyridine rings is 1. The molecule has 0 atom stereocenters. The standard InChI is InChI=1S/C35H37N2/c1-20-27-8-4-6-24-7-5-9-28(31(24)27)33-30(20)34-32-25(10-11-36(34)2)15-26(16-29(32)37(33)3)35-17-21-12-22(18-35)14-23(13-21)19-35/h4,6,8,10-11,15-16,21-23H,5,7,9,12-14,17-19H2,1-3H3/q+1. The van der Waals surface area contributed by atoms with Crippen LogP contribution in [0.3, 0.4) is 0 Å². The molecule has 1 aliphatic heterocycles. The van der Waals surface area contributed by atoms with Crippen molar-refractivity contribution in [2.24, 2.45) is 24.8 Å². The average Bonchev–Trinajstić information content (AvgIpc) is 2.89. The van der Waals surface area contributed by atoms with Crippen molar-refractivity contribution in [2.45, 2.75) is 70.1 Å². The lowest BCUT2D eigenvalue weighted by atomic mass is 9.48. The summed E-state index contributed by atoms with van der Waals surface area (Å²) in [7, 11) is 4.62. The Morgan fingerprint density at radius 1 is 0.919 bits per heavy atom. The molecule has 0 spiro atoms. The van der Waals surface area contributed by atoms with Crippen molar-refractivity contribution in [2.75, 3.05) is 11.9 Å². The lowest BCUT2D eigenvalue weighted by Crippen LogP contribution is -2.48. The van der Waals surface area contributed by atoms with E-state index in [-0.39, 0.29) is 0 Å². The predicted octanol–water partition coefficient (Wildman–Crippen LogP) is 7.83. The number of rotatable bonds is 1. The first-order chi connectivity index (χ1) is 18.0. The quantitative estimate of drug-likeness (QED) is 0.249. The van der Waals surface area contributed by atoms with Gasteiger partial charge in [0, 0.05) is 13.1 Å². The highest BCUT2D eigenvalue weighted by atomic mass is 15.1. The van der Waals surface area contributed by atoms with E-state index in [1.165, 1.54) is 102 Å². The van der Waals surface area contributed by atoms with Gasteiger partial charge in [0.2, 0.25) is 5.69 Å². The van der Waals surface area contributed by atoms with Crippen LogP contribution in [0, 0.1) is 24.7 Å². The Kier molecular flexibility index (Phi) is 3.97. The first kappa shape index (κ1) is 21.1. The zero-order valence-corrected chi connectivity index (χ0v) is 22.5. The van der Waals surface area contributed by atoms with Gasteiger partial charge in [-0.25, -0.2) is 4.57 Å². The molecule has 6 aliphatic rings. The maximum absolute atomic E-state index is 2.66. The fourth-order valence-electron chi connectivity index (χ4n) is 10.4. The Labute approximate surface area is 220 Å². The van der Waals surface area contributed by atoms with Gasteiger partial charge in [0.1, 0.15) is 7.05 Å². The minimum atomic E-state index is 0.416. The predicted molar refractivity (Wildman–Crippen MR) is 153 cm³/mol. The summed E-state index contributed by atoms with van der Waals surface area (Å²) in [5.41, 5.74) is 12.5. The van der Waals surface area contributed by atoms with Gasteiger partial charge in [-0.3, -0.25) is 0 Å². The number of anilines is 2. The van der Waals surface area contributed by atoms with Crippen LogP contribution < -0.4 is 9.47 Å². The molecule has 0 amide bonds. The SMILES string of the molecule is Cc1c2c(c3c4c(cccc14)CCC3)N(C)c1cc(C34CC5CC(CC(C5)C3)C4)cc3cc[n+](C)c-2c13. The Morgan fingerprint density at radius 2 is 1.68 bits per heavy atom. The minimum absolute atomic E-state index is 0.416. The van der Waals surface area contributed by atoms with E-state index < -0.39 is 0 Å². The smallest absolute Gasteiger partial charge is 0.224 e. The van der Waals surface area contributed by atoms with Crippen molar-refractivity contribution in [1.29, 1.82) is 0 Å². The molecule has 5 aliphatic carbocycles. The van der Waals surface area contributed by atoms with Gasteiger partial charge in [-0.15, -0.1) is 0 Å². The highest BCUT2D eigenvalue weighted by Crippen LogP contribution is 2.62. The summed E-state index contributed by atoms with van der Waals surface area (Å²) in [5.74, 6) is 2.91. The van der Waals surface area contributed by atoms with Crippen molar-refractivity contribution >= 4 is 32.9 Å². The number of fused-ring (bicyclic) bond motifs is 3. The van der Waals surface area contributed by atoms with Crippen LogP contribution >= 0.6 is 0 Å². The normalized spacial score (nSPS) is 28.8. The fourth-order valence-corrected chi connectivity index (χ4v) is 10.4. The van der Waals surface area contributed by atoms with Crippen LogP contribution in [0.5, 0.6) is 0 Å². The van der Waals surface area contributed by atoms with Gasteiger partial charge in [0.25, 0.3) is 0 Å². The van der Waals surface area contributed by atoms with Crippen molar-refractivity contribution < 1.29 is 4.57 Å². The zero-order chi connectivity index (χ0) is 24.6.